The summed E-state index contributed by atoms with van der Waals surface area (Å²) in [7, 11) is 0. The fraction of sp³-hybridized carbons (Fsp3) is 0.600. The van der Waals surface area contributed by atoms with Crippen LogP contribution in [0.3, 0.4) is 0 Å². The van der Waals surface area contributed by atoms with Crippen LogP contribution in [-0.2, 0) is 0 Å². The molecule has 1 saturated heterocycles. The second kappa shape index (κ2) is 6.04. The number of rotatable bonds is 3. The van der Waals surface area contributed by atoms with E-state index in [1.165, 1.54) is 6.42 Å². The highest BCUT2D eigenvalue weighted by molar-refractivity contribution is 5.94. The smallest absolute Gasteiger partial charge is 0.255 e. The molecule has 4 nitrogen and oxygen atoms in total. The summed E-state index contributed by atoms with van der Waals surface area (Å²) >= 11 is 0. The summed E-state index contributed by atoms with van der Waals surface area (Å²) in [5.74, 6) is 1.85. The molecule has 0 radical (unpaired) electrons. The number of ether oxygens (including phenoxy) is 1. The number of likely N-dealkylation sites (tertiary alicyclic amines) is 1. The number of amides is 1. The maximum Gasteiger partial charge on any atom is 0.255 e. The predicted molar refractivity (Wildman–Crippen MR) is 74.3 cm³/mol. The first-order valence-corrected chi connectivity index (χ1v) is 6.97. The van der Waals surface area contributed by atoms with Crippen molar-refractivity contribution in [3.05, 3.63) is 24.0 Å². The minimum absolute atomic E-state index is 0.0625. The standard InChI is InChI=1S/C15H22N2O2/c1-4-19-14-6-13(7-16-8-14)15(18)17-9-11(2)5-12(3)10-17/h6-8,11-12H,4-5,9-10H2,1-3H3/t11-,12+. The molecule has 0 saturated carbocycles. The van der Waals surface area contributed by atoms with E-state index in [9.17, 15) is 4.79 Å². The van der Waals surface area contributed by atoms with Gasteiger partial charge in [0.25, 0.3) is 5.91 Å². The Morgan fingerprint density at radius 2 is 2.05 bits per heavy atom. The molecular formula is C15H22N2O2. The Morgan fingerprint density at radius 3 is 2.68 bits per heavy atom. The van der Waals surface area contributed by atoms with E-state index in [1.54, 1.807) is 18.5 Å². The highest BCUT2D eigenvalue weighted by atomic mass is 16.5. The third kappa shape index (κ3) is 3.46. The van der Waals surface area contributed by atoms with Crippen LogP contribution in [0.4, 0.5) is 0 Å². The summed E-state index contributed by atoms with van der Waals surface area (Å²) in [5.41, 5.74) is 0.618. The molecule has 1 aromatic heterocycles. The molecule has 0 bridgehead atoms. The van der Waals surface area contributed by atoms with Gasteiger partial charge in [-0.2, -0.15) is 0 Å². The number of nitrogens with zero attached hydrogens (tertiary/aromatic N) is 2. The van der Waals surface area contributed by atoms with Crippen LogP contribution in [0.15, 0.2) is 18.5 Å². The quantitative estimate of drug-likeness (QED) is 0.841. The van der Waals surface area contributed by atoms with Crippen LogP contribution >= 0.6 is 0 Å². The van der Waals surface area contributed by atoms with E-state index in [4.69, 9.17) is 4.74 Å². The fourth-order valence-corrected chi connectivity index (χ4v) is 2.79. The van der Waals surface area contributed by atoms with Gasteiger partial charge in [0.1, 0.15) is 5.75 Å². The monoisotopic (exact) mass is 262 g/mol. The van der Waals surface area contributed by atoms with Gasteiger partial charge in [-0.25, -0.2) is 0 Å². The number of aromatic nitrogens is 1. The van der Waals surface area contributed by atoms with Crippen molar-refractivity contribution in [2.24, 2.45) is 11.8 Å². The van der Waals surface area contributed by atoms with E-state index in [2.05, 4.69) is 18.8 Å². The molecule has 0 aromatic carbocycles. The lowest BCUT2D eigenvalue weighted by molar-refractivity contribution is 0.0622. The summed E-state index contributed by atoms with van der Waals surface area (Å²) in [4.78, 5) is 18.5. The van der Waals surface area contributed by atoms with E-state index in [0.717, 1.165) is 13.1 Å². The number of hydrogen-bond donors (Lipinski definition) is 0. The third-order valence-corrected chi connectivity index (χ3v) is 3.43. The molecule has 2 atom stereocenters. The number of pyridine rings is 1. The van der Waals surface area contributed by atoms with Gasteiger partial charge in [-0.15, -0.1) is 0 Å². The zero-order valence-electron chi connectivity index (χ0n) is 11.9. The normalized spacial score (nSPS) is 23.2. The van der Waals surface area contributed by atoms with E-state index in [1.807, 2.05) is 11.8 Å². The Morgan fingerprint density at radius 1 is 1.37 bits per heavy atom. The van der Waals surface area contributed by atoms with Gasteiger partial charge in [0.2, 0.25) is 0 Å². The molecule has 2 rings (SSSR count). The molecule has 1 fully saturated rings. The molecule has 0 N–H and O–H groups in total. The zero-order chi connectivity index (χ0) is 13.8. The molecule has 19 heavy (non-hydrogen) atoms. The van der Waals surface area contributed by atoms with Crippen LogP contribution in [0.1, 0.15) is 37.6 Å². The number of carbonyl (C=O) groups is 1. The lowest BCUT2D eigenvalue weighted by Gasteiger charge is -2.35. The maximum atomic E-state index is 12.5. The minimum Gasteiger partial charge on any atom is -0.492 e. The Kier molecular flexibility index (Phi) is 4.40. The molecule has 1 aliphatic rings. The zero-order valence-corrected chi connectivity index (χ0v) is 11.9. The highest BCUT2D eigenvalue weighted by Crippen LogP contribution is 2.23. The van der Waals surface area contributed by atoms with Gasteiger partial charge in [-0.05, 0) is 31.2 Å². The molecule has 1 aliphatic heterocycles. The molecular weight excluding hydrogens is 240 g/mol. The lowest BCUT2D eigenvalue weighted by Crippen LogP contribution is -2.42. The Bertz CT molecular complexity index is 438. The molecule has 0 unspecified atom stereocenters. The van der Waals surface area contributed by atoms with Crippen molar-refractivity contribution < 1.29 is 9.53 Å². The van der Waals surface area contributed by atoms with Gasteiger partial charge in [0.15, 0.2) is 0 Å². The Hall–Kier alpha value is -1.58. The van der Waals surface area contributed by atoms with E-state index in [-0.39, 0.29) is 5.91 Å². The second-order valence-electron chi connectivity index (χ2n) is 5.50. The van der Waals surface area contributed by atoms with Crippen molar-refractivity contribution in [3.63, 3.8) is 0 Å². The van der Waals surface area contributed by atoms with Crippen LogP contribution in [0.25, 0.3) is 0 Å². The van der Waals surface area contributed by atoms with Gasteiger partial charge in [0.05, 0.1) is 18.4 Å². The van der Waals surface area contributed by atoms with E-state index in [0.29, 0.717) is 29.8 Å². The Labute approximate surface area is 114 Å². The molecule has 4 heteroatoms. The van der Waals surface area contributed by atoms with Crippen LogP contribution < -0.4 is 4.74 Å². The van der Waals surface area contributed by atoms with Gasteiger partial charge < -0.3 is 9.64 Å². The summed E-state index contributed by atoms with van der Waals surface area (Å²) in [6.07, 6.45) is 4.46. The van der Waals surface area contributed by atoms with Crippen LogP contribution in [0.2, 0.25) is 0 Å². The van der Waals surface area contributed by atoms with Crippen molar-refractivity contribution in [1.82, 2.24) is 9.88 Å². The molecule has 104 valence electrons. The van der Waals surface area contributed by atoms with E-state index >= 15 is 0 Å². The summed E-state index contributed by atoms with van der Waals surface area (Å²) < 4.78 is 5.39. The third-order valence-electron chi connectivity index (χ3n) is 3.43. The molecule has 0 spiro atoms. The summed E-state index contributed by atoms with van der Waals surface area (Å²) in [5, 5.41) is 0. The first-order chi connectivity index (χ1) is 9.10. The van der Waals surface area contributed by atoms with Gasteiger partial charge in [-0.3, -0.25) is 9.78 Å². The average molecular weight is 262 g/mol. The number of hydrogen-bond acceptors (Lipinski definition) is 3. The van der Waals surface area contributed by atoms with Crippen molar-refractivity contribution in [3.8, 4) is 5.75 Å². The van der Waals surface area contributed by atoms with Gasteiger partial charge >= 0.3 is 0 Å². The Balaban J connectivity index is 2.12. The number of carbonyl (C=O) groups excluding carboxylic acids is 1. The van der Waals surface area contributed by atoms with Gasteiger partial charge in [-0.1, -0.05) is 13.8 Å². The largest absolute Gasteiger partial charge is 0.492 e. The predicted octanol–water partition coefficient (Wildman–Crippen LogP) is 2.60. The van der Waals surface area contributed by atoms with Gasteiger partial charge in [0, 0.05) is 19.3 Å². The van der Waals surface area contributed by atoms with Crippen LogP contribution in [0, 0.1) is 11.8 Å². The lowest BCUT2D eigenvalue weighted by atomic mass is 9.91. The average Bonchev–Trinajstić information content (AvgIpc) is 2.37. The highest BCUT2D eigenvalue weighted by Gasteiger charge is 2.26. The van der Waals surface area contributed by atoms with Crippen molar-refractivity contribution in [1.29, 1.82) is 0 Å². The SMILES string of the molecule is CCOc1cncc(C(=O)N2C[C@H](C)C[C@H](C)C2)c1. The maximum absolute atomic E-state index is 12.5. The molecule has 1 aromatic rings. The first-order valence-electron chi connectivity index (χ1n) is 6.97. The second-order valence-corrected chi connectivity index (χ2v) is 5.50. The fourth-order valence-electron chi connectivity index (χ4n) is 2.79. The number of piperidine rings is 1. The molecule has 1 amide bonds. The minimum atomic E-state index is 0.0625. The van der Waals surface area contributed by atoms with Crippen molar-refractivity contribution >= 4 is 5.91 Å². The molecule has 2 heterocycles. The summed E-state index contributed by atoms with van der Waals surface area (Å²) in [6.45, 7) is 8.57. The van der Waals surface area contributed by atoms with Crippen LogP contribution in [0.5, 0.6) is 5.75 Å². The van der Waals surface area contributed by atoms with E-state index < -0.39 is 0 Å². The topological polar surface area (TPSA) is 42.4 Å². The van der Waals surface area contributed by atoms with Crippen molar-refractivity contribution in [2.45, 2.75) is 27.2 Å². The van der Waals surface area contributed by atoms with Crippen LogP contribution in [-0.4, -0.2) is 35.5 Å². The first kappa shape index (κ1) is 13.8. The molecule has 0 aliphatic carbocycles. The summed E-state index contributed by atoms with van der Waals surface area (Å²) in [6, 6.07) is 1.78. The van der Waals surface area contributed by atoms with Crippen molar-refractivity contribution in [2.75, 3.05) is 19.7 Å².